The first kappa shape index (κ1) is 19.2. The highest BCUT2D eigenvalue weighted by Crippen LogP contribution is 2.30. The summed E-state index contributed by atoms with van der Waals surface area (Å²) in [4.78, 5) is 13.7. The quantitative estimate of drug-likeness (QED) is 0.758. The highest BCUT2D eigenvalue weighted by atomic mass is 16.5. The third kappa shape index (κ3) is 4.21. The summed E-state index contributed by atoms with van der Waals surface area (Å²) in [5.41, 5.74) is 0.971. The second kappa shape index (κ2) is 8.39. The molecular weight excluding hydrogens is 348 g/mol. The zero-order valence-corrected chi connectivity index (χ0v) is 16.0. The van der Waals surface area contributed by atoms with Crippen LogP contribution in [-0.2, 0) is 24.4 Å². The van der Waals surface area contributed by atoms with E-state index in [1.807, 2.05) is 41.5 Å². The van der Waals surface area contributed by atoms with E-state index in [1.54, 1.807) is 0 Å². The molecule has 0 aliphatic carbocycles. The minimum absolute atomic E-state index is 0.347. The van der Waals surface area contributed by atoms with Crippen LogP contribution in [0.1, 0.15) is 37.5 Å². The van der Waals surface area contributed by atoms with Gasteiger partial charge < -0.3 is 19.1 Å². The van der Waals surface area contributed by atoms with E-state index in [2.05, 4.69) is 17.1 Å². The van der Waals surface area contributed by atoms with Crippen LogP contribution >= 0.6 is 0 Å². The number of aliphatic carboxylic acids is 1. The molecule has 8 heteroatoms. The summed E-state index contributed by atoms with van der Waals surface area (Å²) in [6.45, 7) is 8.26. The highest BCUT2D eigenvalue weighted by molar-refractivity contribution is 5.73. The standard InChI is InChI=1S/C19H26N4O4/c1-4-8-27-16-7-6-14(9-17(16)26-5-2)10-22-12-18-21-20-13(3)23(18)11-15(22)19(24)25/h6-7,9,15H,4-5,8,10-12H2,1-3H3,(H,24,25). The Kier molecular flexibility index (Phi) is 5.95. The Hall–Kier alpha value is -2.61. The number of rotatable bonds is 8. The average Bonchev–Trinajstić information content (AvgIpc) is 3.00. The number of aromatic nitrogens is 3. The first-order valence-electron chi connectivity index (χ1n) is 9.27. The maximum absolute atomic E-state index is 11.8. The Balaban J connectivity index is 1.82. The number of benzene rings is 1. The van der Waals surface area contributed by atoms with Crippen LogP contribution in [-0.4, -0.2) is 50.0 Å². The molecule has 1 aromatic heterocycles. The first-order chi connectivity index (χ1) is 13.0. The smallest absolute Gasteiger partial charge is 0.322 e. The summed E-state index contributed by atoms with van der Waals surface area (Å²) in [6, 6.07) is 5.15. The van der Waals surface area contributed by atoms with Crippen molar-refractivity contribution in [3.8, 4) is 11.5 Å². The molecule has 27 heavy (non-hydrogen) atoms. The van der Waals surface area contributed by atoms with E-state index in [0.717, 1.165) is 23.6 Å². The lowest BCUT2D eigenvalue weighted by atomic mass is 10.1. The predicted octanol–water partition coefficient (Wildman–Crippen LogP) is 2.24. The van der Waals surface area contributed by atoms with Crippen LogP contribution in [0.2, 0.25) is 0 Å². The lowest BCUT2D eigenvalue weighted by Gasteiger charge is -2.33. The Morgan fingerprint density at radius 3 is 2.78 bits per heavy atom. The molecule has 3 rings (SSSR count). The van der Waals surface area contributed by atoms with Crippen molar-refractivity contribution in [1.29, 1.82) is 0 Å². The molecule has 1 aliphatic rings. The zero-order valence-electron chi connectivity index (χ0n) is 16.0. The molecule has 0 bridgehead atoms. The third-order valence-electron chi connectivity index (χ3n) is 4.59. The van der Waals surface area contributed by atoms with E-state index in [1.165, 1.54) is 0 Å². The van der Waals surface area contributed by atoms with Crippen LogP contribution in [0.25, 0.3) is 0 Å². The molecule has 0 spiro atoms. The van der Waals surface area contributed by atoms with Gasteiger partial charge >= 0.3 is 5.97 Å². The van der Waals surface area contributed by atoms with Gasteiger partial charge in [-0.05, 0) is 38.0 Å². The Morgan fingerprint density at radius 2 is 2.07 bits per heavy atom. The Morgan fingerprint density at radius 1 is 1.26 bits per heavy atom. The minimum Gasteiger partial charge on any atom is -0.490 e. The van der Waals surface area contributed by atoms with E-state index in [4.69, 9.17) is 9.47 Å². The summed E-state index contributed by atoms with van der Waals surface area (Å²) < 4.78 is 13.3. The molecule has 1 aliphatic heterocycles. The molecule has 1 N–H and O–H groups in total. The number of hydrogen-bond acceptors (Lipinski definition) is 6. The van der Waals surface area contributed by atoms with Crippen molar-refractivity contribution in [2.24, 2.45) is 0 Å². The van der Waals surface area contributed by atoms with Crippen molar-refractivity contribution in [1.82, 2.24) is 19.7 Å². The summed E-state index contributed by atoms with van der Waals surface area (Å²) in [7, 11) is 0. The van der Waals surface area contributed by atoms with Gasteiger partial charge in [0.25, 0.3) is 0 Å². The van der Waals surface area contributed by atoms with E-state index >= 15 is 0 Å². The number of fused-ring (bicyclic) bond motifs is 1. The van der Waals surface area contributed by atoms with Crippen LogP contribution in [0.4, 0.5) is 0 Å². The number of ether oxygens (including phenoxy) is 2. The molecule has 1 unspecified atom stereocenters. The van der Waals surface area contributed by atoms with Gasteiger partial charge in [-0.25, -0.2) is 0 Å². The number of carboxylic acid groups (broad SMARTS) is 1. The molecule has 8 nitrogen and oxygen atoms in total. The highest BCUT2D eigenvalue weighted by Gasteiger charge is 2.33. The first-order valence-corrected chi connectivity index (χ1v) is 9.27. The number of nitrogens with zero attached hydrogens (tertiary/aromatic N) is 4. The van der Waals surface area contributed by atoms with Crippen molar-refractivity contribution in [2.45, 2.75) is 52.9 Å². The fourth-order valence-corrected chi connectivity index (χ4v) is 3.24. The lowest BCUT2D eigenvalue weighted by molar-refractivity contribution is -0.145. The summed E-state index contributed by atoms with van der Waals surface area (Å²) in [6.07, 6.45) is 0.918. The molecule has 0 amide bonds. The number of aryl methyl sites for hydroxylation is 1. The maximum atomic E-state index is 11.8. The molecule has 2 aromatic rings. The van der Waals surface area contributed by atoms with Crippen molar-refractivity contribution in [2.75, 3.05) is 13.2 Å². The lowest BCUT2D eigenvalue weighted by Crippen LogP contribution is -2.47. The number of hydrogen-bond donors (Lipinski definition) is 1. The fraction of sp³-hybridized carbons (Fsp3) is 0.526. The summed E-state index contributed by atoms with van der Waals surface area (Å²) in [5, 5.41) is 17.9. The van der Waals surface area contributed by atoms with Gasteiger partial charge in [0, 0.05) is 6.54 Å². The van der Waals surface area contributed by atoms with Gasteiger partial charge in [0.2, 0.25) is 0 Å². The van der Waals surface area contributed by atoms with Crippen LogP contribution in [0, 0.1) is 6.92 Å². The summed E-state index contributed by atoms with van der Waals surface area (Å²) in [5.74, 6) is 2.09. The van der Waals surface area contributed by atoms with Gasteiger partial charge in [0.15, 0.2) is 11.5 Å². The van der Waals surface area contributed by atoms with Crippen LogP contribution in [0.15, 0.2) is 18.2 Å². The maximum Gasteiger partial charge on any atom is 0.322 e. The van der Waals surface area contributed by atoms with Gasteiger partial charge in [0.05, 0.1) is 26.3 Å². The van der Waals surface area contributed by atoms with Crippen molar-refractivity contribution in [3.63, 3.8) is 0 Å². The van der Waals surface area contributed by atoms with Gasteiger partial charge in [0.1, 0.15) is 17.7 Å². The monoisotopic (exact) mass is 374 g/mol. The topological polar surface area (TPSA) is 89.7 Å². The van der Waals surface area contributed by atoms with Crippen LogP contribution in [0.3, 0.4) is 0 Å². The van der Waals surface area contributed by atoms with E-state index in [0.29, 0.717) is 44.3 Å². The summed E-state index contributed by atoms with van der Waals surface area (Å²) >= 11 is 0. The molecule has 1 atom stereocenters. The van der Waals surface area contributed by atoms with Crippen molar-refractivity contribution >= 4 is 5.97 Å². The Labute approximate surface area is 158 Å². The van der Waals surface area contributed by atoms with Crippen molar-refractivity contribution in [3.05, 3.63) is 35.4 Å². The molecule has 0 saturated carbocycles. The van der Waals surface area contributed by atoms with Gasteiger partial charge in [-0.15, -0.1) is 10.2 Å². The average molecular weight is 374 g/mol. The second-order valence-corrected chi connectivity index (χ2v) is 6.60. The zero-order chi connectivity index (χ0) is 19.4. The molecule has 0 radical (unpaired) electrons. The largest absolute Gasteiger partial charge is 0.490 e. The normalized spacial score (nSPS) is 16.8. The molecule has 146 valence electrons. The molecule has 0 saturated heterocycles. The third-order valence-corrected chi connectivity index (χ3v) is 4.59. The van der Waals surface area contributed by atoms with Gasteiger partial charge in [-0.1, -0.05) is 13.0 Å². The van der Waals surface area contributed by atoms with E-state index in [9.17, 15) is 9.90 Å². The molecule has 2 heterocycles. The number of carbonyl (C=O) groups is 1. The van der Waals surface area contributed by atoms with Crippen molar-refractivity contribution < 1.29 is 19.4 Å². The van der Waals surface area contributed by atoms with Gasteiger partial charge in [-0.3, -0.25) is 9.69 Å². The Bertz CT molecular complexity index is 805. The number of carboxylic acids is 1. The molecule has 1 aromatic carbocycles. The molecule has 0 fully saturated rings. The SMILES string of the molecule is CCCOc1ccc(CN2Cc3nnc(C)n3CC2C(=O)O)cc1OCC. The van der Waals surface area contributed by atoms with Crippen LogP contribution in [0.5, 0.6) is 11.5 Å². The van der Waals surface area contributed by atoms with Gasteiger partial charge in [-0.2, -0.15) is 0 Å². The minimum atomic E-state index is -0.846. The van der Waals surface area contributed by atoms with E-state index < -0.39 is 12.0 Å². The van der Waals surface area contributed by atoms with E-state index in [-0.39, 0.29) is 0 Å². The fourth-order valence-electron chi connectivity index (χ4n) is 3.24. The molecular formula is C19H26N4O4. The van der Waals surface area contributed by atoms with Crippen LogP contribution < -0.4 is 9.47 Å². The predicted molar refractivity (Wildman–Crippen MR) is 98.8 cm³/mol. The second-order valence-electron chi connectivity index (χ2n) is 6.60.